The van der Waals surface area contributed by atoms with E-state index in [1.54, 1.807) is 6.92 Å². The first-order chi connectivity index (χ1) is 17.5. The molecule has 1 aliphatic rings. The summed E-state index contributed by atoms with van der Waals surface area (Å²) < 4.78 is 79.6. The minimum atomic E-state index is -4.67. The molecule has 0 saturated heterocycles. The molecule has 6 nitrogen and oxygen atoms in total. The molecule has 0 aromatic heterocycles. The second kappa shape index (κ2) is 10.1. The van der Waals surface area contributed by atoms with Gasteiger partial charge < -0.3 is 14.6 Å². The Hall–Kier alpha value is -4.15. The van der Waals surface area contributed by atoms with E-state index in [1.165, 1.54) is 55.6 Å². The van der Waals surface area contributed by atoms with E-state index in [-0.39, 0.29) is 28.3 Å². The number of halogens is 5. The van der Waals surface area contributed by atoms with Crippen molar-refractivity contribution in [2.24, 2.45) is 5.10 Å². The number of carbonyl (C=O) groups is 1. The average Bonchev–Trinajstić information content (AvgIpc) is 3.26. The van der Waals surface area contributed by atoms with E-state index in [0.717, 1.165) is 11.1 Å². The maximum atomic E-state index is 14.9. The number of hydrogen-bond acceptors (Lipinski definition) is 5. The van der Waals surface area contributed by atoms with E-state index >= 15 is 0 Å². The Morgan fingerprint density at radius 3 is 2.30 bits per heavy atom. The van der Waals surface area contributed by atoms with Gasteiger partial charge in [-0.2, -0.15) is 18.3 Å². The summed E-state index contributed by atoms with van der Waals surface area (Å²) in [6.45, 7) is 1.65. The fraction of sp³-hybridized carbons (Fsp3) is 0.231. The molecule has 1 N–H and O–H groups in total. The Balaban J connectivity index is 1.57. The summed E-state index contributed by atoms with van der Waals surface area (Å²) in [5.41, 5.74) is -0.268. The number of hydrogen-bond donors (Lipinski definition) is 1. The van der Waals surface area contributed by atoms with E-state index in [0.29, 0.717) is 11.3 Å². The van der Waals surface area contributed by atoms with Gasteiger partial charge in [0.15, 0.2) is 0 Å². The summed E-state index contributed by atoms with van der Waals surface area (Å²) >= 11 is 0. The molecule has 194 valence electrons. The monoisotopic (exact) mass is 520 g/mol. The molecule has 37 heavy (non-hydrogen) atoms. The Bertz CT molecular complexity index is 1360. The topological polar surface area (TPSA) is 71.4 Å². The standard InChI is InChI=1S/C26H21F5N2O4/c1-14-9-19(20-12-18(36-2)7-8-21(20)27)22(28)13-23(14)37-17-5-3-15(4-6-17)33-16(11-25(34)35)10-24(32-33)26(29,30)31/h3-9,12-13,16H,10-11H2,1-2H3,(H,34,35). The quantitative estimate of drug-likeness (QED) is 0.351. The van der Waals surface area contributed by atoms with E-state index in [1.807, 2.05) is 0 Å². The first-order valence-corrected chi connectivity index (χ1v) is 11.0. The van der Waals surface area contributed by atoms with E-state index < -0.39 is 48.4 Å². The zero-order valence-corrected chi connectivity index (χ0v) is 19.6. The van der Waals surface area contributed by atoms with Gasteiger partial charge in [-0.25, -0.2) is 8.78 Å². The van der Waals surface area contributed by atoms with Crippen LogP contribution < -0.4 is 14.5 Å². The van der Waals surface area contributed by atoms with Crippen LogP contribution in [0.4, 0.5) is 27.6 Å². The molecule has 0 radical (unpaired) electrons. The summed E-state index contributed by atoms with van der Waals surface area (Å²) in [4.78, 5) is 11.1. The fourth-order valence-electron chi connectivity index (χ4n) is 3.97. The van der Waals surface area contributed by atoms with Gasteiger partial charge in [-0.15, -0.1) is 0 Å². The van der Waals surface area contributed by atoms with E-state index in [4.69, 9.17) is 14.6 Å². The second-order valence-electron chi connectivity index (χ2n) is 8.38. The number of aryl methyl sites for hydroxylation is 1. The largest absolute Gasteiger partial charge is 0.497 e. The van der Waals surface area contributed by atoms with Gasteiger partial charge in [-0.1, -0.05) is 0 Å². The third kappa shape index (κ3) is 5.65. The van der Waals surface area contributed by atoms with Gasteiger partial charge in [0, 0.05) is 23.6 Å². The third-order valence-corrected chi connectivity index (χ3v) is 5.80. The molecule has 0 fully saturated rings. The van der Waals surface area contributed by atoms with Crippen LogP contribution in [0.2, 0.25) is 0 Å². The van der Waals surface area contributed by atoms with Crippen LogP contribution in [-0.4, -0.2) is 36.1 Å². The van der Waals surface area contributed by atoms with Gasteiger partial charge in [0.25, 0.3) is 0 Å². The van der Waals surface area contributed by atoms with Gasteiger partial charge in [0.2, 0.25) is 0 Å². The van der Waals surface area contributed by atoms with Crippen LogP contribution in [0.15, 0.2) is 59.7 Å². The molecular formula is C26H21F5N2O4. The van der Waals surface area contributed by atoms with Crippen molar-refractivity contribution in [3.8, 4) is 28.4 Å². The highest BCUT2D eigenvalue weighted by Crippen LogP contribution is 2.37. The molecule has 1 aliphatic heterocycles. The SMILES string of the molecule is COc1ccc(F)c(-c2cc(C)c(Oc3ccc(N4N=C(C(F)(F)F)CC4CC(=O)O)cc3)cc2F)c1. The summed E-state index contributed by atoms with van der Waals surface area (Å²) in [6.07, 6.45) is -5.75. The molecule has 0 amide bonds. The zero-order valence-electron chi connectivity index (χ0n) is 19.6. The minimum Gasteiger partial charge on any atom is -0.497 e. The number of anilines is 1. The van der Waals surface area contributed by atoms with Gasteiger partial charge in [0.1, 0.15) is 34.6 Å². The molecule has 1 heterocycles. The van der Waals surface area contributed by atoms with Crippen molar-refractivity contribution >= 4 is 17.4 Å². The van der Waals surface area contributed by atoms with Gasteiger partial charge in [0.05, 0.1) is 25.3 Å². The Morgan fingerprint density at radius 1 is 1.03 bits per heavy atom. The molecule has 1 unspecified atom stereocenters. The van der Waals surface area contributed by atoms with Crippen LogP contribution in [0.5, 0.6) is 17.2 Å². The minimum absolute atomic E-state index is 0.0217. The normalized spacial score (nSPS) is 15.5. The molecule has 0 bridgehead atoms. The number of carboxylic acid groups (broad SMARTS) is 1. The van der Waals surface area contributed by atoms with Crippen molar-refractivity contribution in [1.29, 1.82) is 0 Å². The maximum Gasteiger partial charge on any atom is 0.431 e. The molecule has 4 rings (SSSR count). The molecule has 0 aliphatic carbocycles. The third-order valence-electron chi connectivity index (χ3n) is 5.80. The van der Waals surface area contributed by atoms with Gasteiger partial charge in [-0.05, 0) is 61.0 Å². The van der Waals surface area contributed by atoms with Crippen molar-refractivity contribution in [2.75, 3.05) is 12.1 Å². The van der Waals surface area contributed by atoms with Crippen molar-refractivity contribution in [2.45, 2.75) is 32.0 Å². The number of rotatable bonds is 7. The summed E-state index contributed by atoms with van der Waals surface area (Å²) in [5, 5.41) is 13.7. The van der Waals surface area contributed by atoms with Crippen molar-refractivity contribution in [1.82, 2.24) is 0 Å². The molecule has 3 aromatic rings. The summed E-state index contributed by atoms with van der Waals surface area (Å²) in [5.74, 6) is -1.83. The molecule has 0 saturated carbocycles. The highest BCUT2D eigenvalue weighted by atomic mass is 19.4. The number of benzene rings is 3. The number of ether oxygens (including phenoxy) is 2. The molecule has 11 heteroatoms. The van der Waals surface area contributed by atoms with Gasteiger partial charge >= 0.3 is 12.1 Å². The number of carboxylic acids is 1. The Kier molecular flexibility index (Phi) is 7.06. The lowest BCUT2D eigenvalue weighted by Crippen LogP contribution is -2.29. The van der Waals surface area contributed by atoms with Crippen LogP contribution in [0, 0.1) is 18.6 Å². The van der Waals surface area contributed by atoms with Crippen LogP contribution in [-0.2, 0) is 4.79 Å². The summed E-state index contributed by atoms with van der Waals surface area (Å²) in [6, 6.07) is 11.3. The predicted molar refractivity (Wildman–Crippen MR) is 126 cm³/mol. The lowest BCUT2D eigenvalue weighted by atomic mass is 10.0. The first-order valence-electron chi connectivity index (χ1n) is 11.0. The zero-order chi connectivity index (χ0) is 26.9. The fourth-order valence-corrected chi connectivity index (χ4v) is 3.97. The highest BCUT2D eigenvalue weighted by molar-refractivity contribution is 5.94. The number of methoxy groups -OCH3 is 1. The van der Waals surface area contributed by atoms with Crippen molar-refractivity contribution in [3.05, 3.63) is 71.8 Å². The van der Waals surface area contributed by atoms with Crippen LogP contribution in [0.1, 0.15) is 18.4 Å². The van der Waals surface area contributed by atoms with Gasteiger partial charge in [-0.3, -0.25) is 9.80 Å². The maximum absolute atomic E-state index is 14.9. The number of aliphatic carboxylic acids is 1. The lowest BCUT2D eigenvalue weighted by molar-refractivity contribution is -0.137. The summed E-state index contributed by atoms with van der Waals surface area (Å²) in [7, 11) is 1.42. The average molecular weight is 520 g/mol. The predicted octanol–water partition coefficient (Wildman–Crippen LogP) is 6.71. The van der Waals surface area contributed by atoms with Crippen molar-refractivity contribution in [3.63, 3.8) is 0 Å². The van der Waals surface area contributed by atoms with Crippen LogP contribution in [0.25, 0.3) is 11.1 Å². The van der Waals surface area contributed by atoms with Crippen molar-refractivity contribution < 1.29 is 41.3 Å². The molecule has 3 aromatic carbocycles. The van der Waals surface area contributed by atoms with Crippen LogP contribution >= 0.6 is 0 Å². The highest BCUT2D eigenvalue weighted by Gasteiger charge is 2.43. The molecular weight excluding hydrogens is 499 g/mol. The second-order valence-corrected chi connectivity index (χ2v) is 8.38. The Morgan fingerprint density at radius 2 is 1.68 bits per heavy atom. The number of alkyl halides is 3. The smallest absolute Gasteiger partial charge is 0.431 e. The molecule has 0 spiro atoms. The number of nitrogens with zero attached hydrogens (tertiary/aromatic N) is 2. The van der Waals surface area contributed by atoms with E-state index in [2.05, 4.69) is 5.10 Å². The van der Waals surface area contributed by atoms with Crippen LogP contribution in [0.3, 0.4) is 0 Å². The number of hydrazone groups is 1. The lowest BCUT2D eigenvalue weighted by Gasteiger charge is -2.22. The van der Waals surface area contributed by atoms with E-state index in [9.17, 15) is 26.7 Å². The Labute approximate surface area is 208 Å². The molecule has 1 atom stereocenters. The first kappa shape index (κ1) is 25.9.